The van der Waals surface area contributed by atoms with E-state index in [1.54, 1.807) is 0 Å². The van der Waals surface area contributed by atoms with Gasteiger partial charge in [-0.15, -0.1) is 11.3 Å². The molecular formula is C14H22N2O2S. The third-order valence-electron chi connectivity index (χ3n) is 3.86. The van der Waals surface area contributed by atoms with Crippen LogP contribution in [-0.2, 0) is 0 Å². The van der Waals surface area contributed by atoms with Gasteiger partial charge in [0, 0.05) is 32.2 Å². The van der Waals surface area contributed by atoms with Crippen LogP contribution in [0.2, 0.25) is 0 Å². The number of aliphatic hydroxyl groups excluding tert-OH is 1. The summed E-state index contributed by atoms with van der Waals surface area (Å²) in [4.78, 5) is 17.4. The minimum absolute atomic E-state index is 0.157. The fourth-order valence-electron chi connectivity index (χ4n) is 2.53. The topological polar surface area (TPSA) is 43.8 Å². The summed E-state index contributed by atoms with van der Waals surface area (Å²) in [5.41, 5.74) is 1.07. The Morgan fingerprint density at radius 1 is 1.42 bits per heavy atom. The van der Waals surface area contributed by atoms with Crippen LogP contribution >= 0.6 is 11.3 Å². The van der Waals surface area contributed by atoms with Crippen molar-refractivity contribution < 1.29 is 9.90 Å². The van der Waals surface area contributed by atoms with E-state index >= 15 is 0 Å². The molecule has 0 aromatic carbocycles. The summed E-state index contributed by atoms with van der Waals surface area (Å²) >= 11 is 1.52. The van der Waals surface area contributed by atoms with E-state index in [-0.39, 0.29) is 18.6 Å². The number of hydrogen-bond acceptors (Lipinski definition) is 4. The molecule has 1 atom stereocenters. The SMILES string of the molecule is CCC(CO)N1CCN(C(=O)c2sccc2C)CC1. The van der Waals surface area contributed by atoms with E-state index in [0.717, 1.165) is 43.0 Å². The zero-order valence-corrected chi connectivity index (χ0v) is 12.4. The highest BCUT2D eigenvalue weighted by atomic mass is 32.1. The number of piperazine rings is 1. The van der Waals surface area contributed by atoms with Crippen molar-refractivity contribution >= 4 is 17.2 Å². The van der Waals surface area contributed by atoms with E-state index in [1.165, 1.54) is 11.3 Å². The Kier molecular flexibility index (Phi) is 4.96. The predicted octanol–water partition coefficient (Wildman–Crippen LogP) is 1.59. The van der Waals surface area contributed by atoms with Gasteiger partial charge in [0.15, 0.2) is 0 Å². The molecule has 0 aliphatic carbocycles. The van der Waals surface area contributed by atoms with Gasteiger partial charge < -0.3 is 10.0 Å². The van der Waals surface area contributed by atoms with Gasteiger partial charge in [0.05, 0.1) is 11.5 Å². The summed E-state index contributed by atoms with van der Waals surface area (Å²) in [6, 6.07) is 2.23. The Labute approximate surface area is 118 Å². The zero-order valence-electron chi connectivity index (χ0n) is 11.6. The fraction of sp³-hybridized carbons (Fsp3) is 0.643. The lowest BCUT2D eigenvalue weighted by Crippen LogP contribution is -2.52. The Morgan fingerprint density at radius 2 is 2.11 bits per heavy atom. The lowest BCUT2D eigenvalue weighted by Gasteiger charge is -2.38. The number of hydrogen-bond donors (Lipinski definition) is 1. The van der Waals surface area contributed by atoms with Gasteiger partial charge in [-0.3, -0.25) is 9.69 Å². The molecule has 1 aliphatic heterocycles. The molecule has 5 heteroatoms. The molecular weight excluding hydrogens is 260 g/mol. The number of aliphatic hydroxyl groups is 1. The number of nitrogens with zero attached hydrogens (tertiary/aromatic N) is 2. The molecule has 19 heavy (non-hydrogen) atoms. The van der Waals surface area contributed by atoms with E-state index in [4.69, 9.17) is 0 Å². The molecule has 1 unspecified atom stereocenters. The molecule has 1 amide bonds. The van der Waals surface area contributed by atoms with Gasteiger partial charge in [0.2, 0.25) is 0 Å². The Bertz CT molecular complexity index is 421. The third kappa shape index (κ3) is 3.16. The van der Waals surface area contributed by atoms with Crippen LogP contribution in [0.3, 0.4) is 0 Å². The summed E-state index contributed by atoms with van der Waals surface area (Å²) in [5.74, 6) is 0.157. The van der Waals surface area contributed by atoms with Crippen LogP contribution in [0.15, 0.2) is 11.4 Å². The summed E-state index contributed by atoms with van der Waals surface area (Å²) in [6.07, 6.45) is 0.953. The molecule has 1 aromatic rings. The van der Waals surface area contributed by atoms with Crippen molar-refractivity contribution in [3.8, 4) is 0 Å². The van der Waals surface area contributed by atoms with Gasteiger partial charge in [-0.05, 0) is 30.4 Å². The third-order valence-corrected chi connectivity index (χ3v) is 4.86. The molecule has 1 aromatic heterocycles. The highest BCUT2D eigenvalue weighted by molar-refractivity contribution is 7.12. The van der Waals surface area contributed by atoms with Crippen LogP contribution in [0, 0.1) is 6.92 Å². The Morgan fingerprint density at radius 3 is 2.58 bits per heavy atom. The van der Waals surface area contributed by atoms with Crippen molar-refractivity contribution in [1.82, 2.24) is 9.80 Å². The highest BCUT2D eigenvalue weighted by Gasteiger charge is 2.26. The first-order chi connectivity index (χ1) is 9.17. The number of rotatable bonds is 4. The largest absolute Gasteiger partial charge is 0.395 e. The van der Waals surface area contributed by atoms with Crippen LogP contribution in [0.5, 0.6) is 0 Å². The molecule has 1 saturated heterocycles. The maximum Gasteiger partial charge on any atom is 0.264 e. The monoisotopic (exact) mass is 282 g/mol. The summed E-state index contributed by atoms with van der Waals surface area (Å²) in [7, 11) is 0. The highest BCUT2D eigenvalue weighted by Crippen LogP contribution is 2.19. The van der Waals surface area contributed by atoms with Crippen molar-refractivity contribution in [1.29, 1.82) is 0 Å². The molecule has 2 rings (SSSR count). The maximum atomic E-state index is 12.4. The maximum absolute atomic E-state index is 12.4. The molecule has 0 saturated carbocycles. The van der Waals surface area contributed by atoms with Gasteiger partial charge in [0.25, 0.3) is 5.91 Å². The van der Waals surface area contributed by atoms with Gasteiger partial charge in [-0.2, -0.15) is 0 Å². The molecule has 0 spiro atoms. The van der Waals surface area contributed by atoms with Gasteiger partial charge in [0.1, 0.15) is 0 Å². The van der Waals surface area contributed by atoms with E-state index in [9.17, 15) is 9.90 Å². The first-order valence-corrected chi connectivity index (χ1v) is 7.73. The summed E-state index contributed by atoms with van der Waals surface area (Å²) in [6.45, 7) is 7.50. The summed E-state index contributed by atoms with van der Waals surface area (Å²) < 4.78 is 0. The first-order valence-electron chi connectivity index (χ1n) is 6.85. The average molecular weight is 282 g/mol. The molecule has 4 nitrogen and oxygen atoms in total. The van der Waals surface area contributed by atoms with E-state index < -0.39 is 0 Å². The van der Waals surface area contributed by atoms with Crippen molar-refractivity contribution in [3.63, 3.8) is 0 Å². The zero-order chi connectivity index (χ0) is 13.8. The Hall–Kier alpha value is -0.910. The first kappa shape index (κ1) is 14.5. The van der Waals surface area contributed by atoms with Crippen LogP contribution < -0.4 is 0 Å². The lowest BCUT2D eigenvalue weighted by molar-refractivity contribution is 0.0475. The molecule has 0 radical (unpaired) electrons. The number of aryl methyl sites for hydroxylation is 1. The molecule has 0 bridgehead atoms. The standard InChI is InChI=1S/C14H22N2O2S/c1-3-12(10-17)15-5-7-16(8-6-15)14(18)13-11(2)4-9-19-13/h4,9,12,17H,3,5-8,10H2,1-2H3. The van der Waals surface area contributed by atoms with Crippen LogP contribution in [-0.4, -0.2) is 59.6 Å². The normalized spacial score (nSPS) is 18.6. The molecule has 1 aliphatic rings. The quantitative estimate of drug-likeness (QED) is 0.912. The van der Waals surface area contributed by atoms with E-state index in [1.807, 2.05) is 23.3 Å². The van der Waals surface area contributed by atoms with E-state index in [0.29, 0.717) is 0 Å². The second-order valence-corrected chi connectivity index (χ2v) is 5.92. The van der Waals surface area contributed by atoms with Crippen molar-refractivity contribution in [2.24, 2.45) is 0 Å². The van der Waals surface area contributed by atoms with Crippen molar-refractivity contribution in [2.45, 2.75) is 26.3 Å². The van der Waals surface area contributed by atoms with Gasteiger partial charge >= 0.3 is 0 Å². The predicted molar refractivity (Wildman–Crippen MR) is 77.7 cm³/mol. The smallest absolute Gasteiger partial charge is 0.264 e. The van der Waals surface area contributed by atoms with Crippen molar-refractivity contribution in [3.05, 3.63) is 21.9 Å². The van der Waals surface area contributed by atoms with E-state index in [2.05, 4.69) is 11.8 Å². The second kappa shape index (κ2) is 6.50. The molecule has 1 fully saturated rings. The Balaban J connectivity index is 1.93. The number of thiophene rings is 1. The average Bonchev–Trinajstić information content (AvgIpc) is 2.86. The van der Waals surface area contributed by atoms with Crippen LogP contribution in [0.1, 0.15) is 28.6 Å². The lowest BCUT2D eigenvalue weighted by atomic mass is 10.1. The van der Waals surface area contributed by atoms with Gasteiger partial charge in [-0.25, -0.2) is 0 Å². The summed E-state index contributed by atoms with van der Waals surface area (Å²) in [5, 5.41) is 11.3. The van der Waals surface area contributed by atoms with Gasteiger partial charge in [-0.1, -0.05) is 6.92 Å². The molecule has 106 valence electrons. The molecule has 2 heterocycles. The fourth-order valence-corrected chi connectivity index (χ4v) is 3.42. The molecule has 1 N–H and O–H groups in total. The minimum Gasteiger partial charge on any atom is -0.395 e. The van der Waals surface area contributed by atoms with Crippen molar-refractivity contribution in [2.75, 3.05) is 32.8 Å². The second-order valence-electron chi connectivity index (χ2n) is 5.01. The minimum atomic E-state index is 0.157. The number of carbonyl (C=O) groups excluding carboxylic acids is 1. The number of carbonyl (C=O) groups is 1. The van der Waals surface area contributed by atoms with Crippen LogP contribution in [0.4, 0.5) is 0 Å². The van der Waals surface area contributed by atoms with Crippen LogP contribution in [0.25, 0.3) is 0 Å². The number of amides is 1.